The molecule has 0 radical (unpaired) electrons. The maximum atomic E-state index is 14.5. The molecule has 0 spiro atoms. The first-order valence-electron chi connectivity index (χ1n) is 9.37. The molecule has 0 saturated carbocycles. The Hall–Kier alpha value is -4.13. The summed E-state index contributed by atoms with van der Waals surface area (Å²) in [7, 11) is 1.52. The second kappa shape index (κ2) is 8.67. The van der Waals surface area contributed by atoms with Gasteiger partial charge < -0.3 is 15.8 Å². The minimum atomic E-state index is -4.91. The number of alkyl halides is 3. The van der Waals surface area contributed by atoms with E-state index in [4.69, 9.17) is 22.1 Å². The standard InChI is InChI=1S/C20H14ClF4N7O2/c1-31-9-11(7-28-31)32-17(20(23,24)25)12(8-29-32)19(33)30-10-2-3-14(13(22)6-10)34-15-4-5-27-18(26)16(15)21/h2-9H,1H3,(H2,26,27)(H,30,33). The summed E-state index contributed by atoms with van der Waals surface area (Å²) < 4.78 is 63.0. The van der Waals surface area contributed by atoms with E-state index in [1.165, 1.54) is 48.5 Å². The highest BCUT2D eigenvalue weighted by atomic mass is 35.5. The van der Waals surface area contributed by atoms with Gasteiger partial charge in [-0.2, -0.15) is 23.4 Å². The van der Waals surface area contributed by atoms with Crippen LogP contribution in [0.4, 0.5) is 29.1 Å². The van der Waals surface area contributed by atoms with E-state index in [2.05, 4.69) is 20.5 Å². The quantitative estimate of drug-likeness (QED) is 0.396. The molecule has 0 fully saturated rings. The predicted octanol–water partition coefficient (Wildman–Crippen LogP) is 4.44. The Morgan fingerprint density at radius 2 is 1.94 bits per heavy atom. The molecule has 0 aliphatic carbocycles. The SMILES string of the molecule is Cn1cc(-n2ncc(C(=O)Nc3ccc(Oc4ccnc(N)c4Cl)c(F)c3)c2C(F)(F)F)cn1. The van der Waals surface area contributed by atoms with Gasteiger partial charge in [-0.1, -0.05) is 11.6 Å². The lowest BCUT2D eigenvalue weighted by Crippen LogP contribution is -2.20. The highest BCUT2D eigenvalue weighted by Crippen LogP contribution is 2.35. The van der Waals surface area contributed by atoms with Gasteiger partial charge in [-0.25, -0.2) is 14.1 Å². The van der Waals surface area contributed by atoms with Crippen molar-refractivity contribution in [3.05, 3.63) is 71.2 Å². The molecule has 0 bridgehead atoms. The van der Waals surface area contributed by atoms with Crippen molar-refractivity contribution < 1.29 is 27.1 Å². The first kappa shape index (κ1) is 23.0. The van der Waals surface area contributed by atoms with Gasteiger partial charge in [0, 0.05) is 31.1 Å². The van der Waals surface area contributed by atoms with Gasteiger partial charge >= 0.3 is 6.18 Å². The third kappa shape index (κ3) is 4.50. The van der Waals surface area contributed by atoms with Crippen molar-refractivity contribution in [2.24, 2.45) is 7.05 Å². The third-order valence-corrected chi connectivity index (χ3v) is 4.89. The van der Waals surface area contributed by atoms with Gasteiger partial charge in [0.25, 0.3) is 5.91 Å². The minimum Gasteiger partial charge on any atom is -0.453 e. The number of benzene rings is 1. The summed E-state index contributed by atoms with van der Waals surface area (Å²) in [6.07, 6.45) is -0.350. The smallest absolute Gasteiger partial charge is 0.434 e. The lowest BCUT2D eigenvalue weighted by Gasteiger charge is -2.13. The molecule has 4 aromatic rings. The molecule has 0 aliphatic heterocycles. The largest absolute Gasteiger partial charge is 0.453 e. The average molecular weight is 496 g/mol. The first-order chi connectivity index (χ1) is 16.0. The summed E-state index contributed by atoms with van der Waals surface area (Å²) >= 11 is 5.97. The Bertz CT molecular complexity index is 1380. The summed E-state index contributed by atoms with van der Waals surface area (Å²) in [5, 5.41) is 9.70. The molecule has 0 atom stereocenters. The number of carbonyl (C=O) groups is 1. The molecule has 14 heteroatoms. The van der Waals surface area contributed by atoms with E-state index in [1.54, 1.807) is 0 Å². The van der Waals surface area contributed by atoms with E-state index in [0.717, 1.165) is 12.3 Å². The van der Waals surface area contributed by atoms with E-state index >= 15 is 0 Å². The van der Waals surface area contributed by atoms with E-state index in [0.29, 0.717) is 4.68 Å². The number of nitrogens with one attached hydrogen (secondary N) is 1. The Balaban J connectivity index is 1.59. The van der Waals surface area contributed by atoms with E-state index in [9.17, 15) is 22.4 Å². The van der Waals surface area contributed by atoms with Crippen LogP contribution in [0.3, 0.4) is 0 Å². The number of nitrogens with zero attached hydrogens (tertiary/aromatic N) is 5. The van der Waals surface area contributed by atoms with Crippen molar-refractivity contribution in [3.63, 3.8) is 0 Å². The van der Waals surface area contributed by atoms with Gasteiger partial charge in [0.05, 0.1) is 24.2 Å². The number of hydrogen-bond acceptors (Lipinski definition) is 6. The van der Waals surface area contributed by atoms with Crippen LogP contribution in [0.5, 0.6) is 11.5 Å². The van der Waals surface area contributed by atoms with Crippen molar-refractivity contribution in [3.8, 4) is 17.2 Å². The highest BCUT2D eigenvalue weighted by Gasteiger charge is 2.40. The monoisotopic (exact) mass is 495 g/mol. The van der Waals surface area contributed by atoms with Crippen LogP contribution < -0.4 is 15.8 Å². The van der Waals surface area contributed by atoms with Crippen LogP contribution in [-0.4, -0.2) is 30.5 Å². The number of nitrogen functional groups attached to an aromatic ring is 1. The number of pyridine rings is 1. The fourth-order valence-electron chi connectivity index (χ4n) is 3.00. The number of halogens is 5. The Labute approximate surface area is 193 Å². The van der Waals surface area contributed by atoms with Crippen LogP contribution in [0, 0.1) is 5.82 Å². The first-order valence-corrected chi connectivity index (χ1v) is 9.75. The molecule has 4 rings (SSSR count). The molecule has 1 aromatic carbocycles. The number of ether oxygens (including phenoxy) is 1. The summed E-state index contributed by atoms with van der Waals surface area (Å²) in [5.74, 6) is -2.28. The molecular weight excluding hydrogens is 482 g/mol. The fourth-order valence-corrected chi connectivity index (χ4v) is 3.15. The maximum absolute atomic E-state index is 14.5. The topological polar surface area (TPSA) is 113 Å². The molecular formula is C20H14ClF4N7O2. The molecule has 176 valence electrons. The van der Waals surface area contributed by atoms with Gasteiger partial charge in [-0.15, -0.1) is 0 Å². The number of anilines is 2. The zero-order chi connectivity index (χ0) is 24.6. The van der Waals surface area contributed by atoms with E-state index in [1.807, 2.05) is 0 Å². The summed E-state index contributed by atoms with van der Waals surface area (Å²) in [4.78, 5) is 16.4. The number of hydrogen-bond donors (Lipinski definition) is 2. The second-order valence-electron chi connectivity index (χ2n) is 6.90. The molecule has 0 aliphatic rings. The van der Waals surface area contributed by atoms with Gasteiger partial charge in [0.15, 0.2) is 23.0 Å². The van der Waals surface area contributed by atoms with Crippen molar-refractivity contribution in [2.75, 3.05) is 11.1 Å². The Kier molecular flexibility index (Phi) is 5.87. The van der Waals surface area contributed by atoms with Gasteiger partial charge in [0.2, 0.25) is 0 Å². The lowest BCUT2D eigenvalue weighted by atomic mass is 10.2. The number of rotatable bonds is 5. The van der Waals surface area contributed by atoms with Crippen LogP contribution in [0.15, 0.2) is 49.1 Å². The number of aromatic nitrogens is 5. The number of nitrogens with two attached hydrogens (primary N) is 1. The molecule has 0 saturated heterocycles. The number of carbonyl (C=O) groups excluding carboxylic acids is 1. The van der Waals surface area contributed by atoms with Gasteiger partial charge in [-0.05, 0) is 12.1 Å². The molecule has 3 N–H and O–H groups in total. The van der Waals surface area contributed by atoms with Crippen LogP contribution in [0.1, 0.15) is 16.1 Å². The highest BCUT2D eigenvalue weighted by molar-refractivity contribution is 6.34. The molecule has 3 heterocycles. The van der Waals surface area contributed by atoms with Crippen LogP contribution in [-0.2, 0) is 13.2 Å². The minimum absolute atomic E-state index is 0.0110. The Morgan fingerprint density at radius 3 is 2.59 bits per heavy atom. The van der Waals surface area contributed by atoms with Crippen molar-refractivity contribution in [1.29, 1.82) is 0 Å². The zero-order valence-corrected chi connectivity index (χ0v) is 17.9. The van der Waals surface area contributed by atoms with Gasteiger partial charge in [0.1, 0.15) is 16.5 Å². The molecule has 34 heavy (non-hydrogen) atoms. The summed E-state index contributed by atoms with van der Waals surface area (Å²) in [6, 6.07) is 4.66. The molecule has 0 unspecified atom stereocenters. The fraction of sp³-hybridized carbons (Fsp3) is 0.100. The molecule has 3 aromatic heterocycles. The molecule has 9 nitrogen and oxygen atoms in total. The number of amides is 1. The van der Waals surface area contributed by atoms with Crippen molar-refractivity contribution in [2.45, 2.75) is 6.18 Å². The van der Waals surface area contributed by atoms with E-state index in [-0.39, 0.29) is 33.7 Å². The van der Waals surface area contributed by atoms with Crippen LogP contribution in [0.25, 0.3) is 5.69 Å². The summed E-state index contributed by atoms with van der Waals surface area (Å²) in [5.41, 5.74) is 3.41. The van der Waals surface area contributed by atoms with Gasteiger partial charge in [-0.3, -0.25) is 9.48 Å². The average Bonchev–Trinajstić information content (AvgIpc) is 3.39. The zero-order valence-electron chi connectivity index (χ0n) is 17.1. The van der Waals surface area contributed by atoms with Crippen LogP contribution >= 0.6 is 11.6 Å². The second-order valence-corrected chi connectivity index (χ2v) is 7.28. The van der Waals surface area contributed by atoms with Crippen LogP contribution in [0.2, 0.25) is 5.02 Å². The Morgan fingerprint density at radius 1 is 1.18 bits per heavy atom. The summed E-state index contributed by atoms with van der Waals surface area (Å²) in [6.45, 7) is 0. The lowest BCUT2D eigenvalue weighted by molar-refractivity contribution is -0.143. The predicted molar refractivity (Wildman–Crippen MR) is 113 cm³/mol. The maximum Gasteiger partial charge on any atom is 0.434 e. The molecule has 1 amide bonds. The van der Waals surface area contributed by atoms with E-state index < -0.39 is 29.2 Å². The van der Waals surface area contributed by atoms with Crippen molar-refractivity contribution >= 4 is 29.0 Å². The van der Waals surface area contributed by atoms with Crippen molar-refractivity contribution in [1.82, 2.24) is 24.5 Å². The number of aryl methyl sites for hydroxylation is 1. The normalized spacial score (nSPS) is 11.5. The third-order valence-electron chi connectivity index (χ3n) is 4.51.